The maximum absolute atomic E-state index is 6.00. The maximum atomic E-state index is 6.00. The van der Waals surface area contributed by atoms with E-state index >= 15 is 0 Å². The smallest absolute Gasteiger partial charge is 0.0723 e. The molecule has 2 nitrogen and oxygen atoms in total. The van der Waals surface area contributed by atoms with Crippen LogP contribution in [0.1, 0.15) is 40.0 Å². The van der Waals surface area contributed by atoms with Gasteiger partial charge in [-0.25, -0.2) is 0 Å². The Bertz CT molecular complexity index is 145. The highest BCUT2D eigenvalue weighted by molar-refractivity contribution is 4.89. The van der Waals surface area contributed by atoms with E-state index in [9.17, 15) is 0 Å². The standard InChI is InChI=1S/C11H23NO/c1-5-11(13-6-2)10(12)8-7-9(3)4/h10-11H,3,5-8,12H2,1-2,4H3. The third-order valence-corrected chi connectivity index (χ3v) is 2.17. The minimum atomic E-state index is 0.154. The van der Waals surface area contributed by atoms with Crippen molar-refractivity contribution in [2.75, 3.05) is 6.61 Å². The van der Waals surface area contributed by atoms with Crippen molar-refractivity contribution in [3.8, 4) is 0 Å². The van der Waals surface area contributed by atoms with E-state index in [0.717, 1.165) is 25.9 Å². The van der Waals surface area contributed by atoms with Gasteiger partial charge in [0, 0.05) is 12.6 Å². The molecule has 2 N–H and O–H groups in total. The van der Waals surface area contributed by atoms with Crippen LogP contribution in [0, 0.1) is 0 Å². The number of hydrogen-bond acceptors (Lipinski definition) is 2. The Morgan fingerprint density at radius 2 is 2.08 bits per heavy atom. The maximum Gasteiger partial charge on any atom is 0.0723 e. The molecule has 0 aliphatic heterocycles. The molecule has 0 heterocycles. The third-order valence-electron chi connectivity index (χ3n) is 2.17. The molecule has 0 aliphatic rings. The normalized spacial score (nSPS) is 15.4. The van der Waals surface area contributed by atoms with E-state index in [1.165, 1.54) is 5.57 Å². The highest BCUT2D eigenvalue weighted by Crippen LogP contribution is 2.10. The largest absolute Gasteiger partial charge is 0.377 e. The average Bonchev–Trinajstić information content (AvgIpc) is 2.10. The number of rotatable bonds is 7. The summed E-state index contributed by atoms with van der Waals surface area (Å²) < 4.78 is 5.53. The first-order chi connectivity index (χ1) is 6.11. The van der Waals surface area contributed by atoms with Gasteiger partial charge in [-0.3, -0.25) is 0 Å². The zero-order valence-corrected chi connectivity index (χ0v) is 9.18. The summed E-state index contributed by atoms with van der Waals surface area (Å²) in [7, 11) is 0. The summed E-state index contributed by atoms with van der Waals surface area (Å²) in [5, 5.41) is 0. The summed E-state index contributed by atoms with van der Waals surface area (Å²) in [6.07, 6.45) is 3.19. The molecule has 0 fully saturated rings. The summed E-state index contributed by atoms with van der Waals surface area (Å²) >= 11 is 0. The Hall–Kier alpha value is -0.340. The van der Waals surface area contributed by atoms with Gasteiger partial charge in [0.25, 0.3) is 0 Å². The van der Waals surface area contributed by atoms with Gasteiger partial charge >= 0.3 is 0 Å². The van der Waals surface area contributed by atoms with Crippen LogP contribution in [0.5, 0.6) is 0 Å². The van der Waals surface area contributed by atoms with Crippen LogP contribution >= 0.6 is 0 Å². The molecule has 0 radical (unpaired) electrons. The number of hydrogen-bond donors (Lipinski definition) is 1. The summed E-state index contributed by atoms with van der Waals surface area (Å²) in [5.41, 5.74) is 7.19. The molecule has 0 bridgehead atoms. The van der Waals surface area contributed by atoms with Crippen molar-refractivity contribution in [1.82, 2.24) is 0 Å². The van der Waals surface area contributed by atoms with E-state index in [4.69, 9.17) is 10.5 Å². The van der Waals surface area contributed by atoms with E-state index in [2.05, 4.69) is 13.5 Å². The Balaban J connectivity index is 3.76. The van der Waals surface area contributed by atoms with Gasteiger partial charge in [-0.15, -0.1) is 6.58 Å². The monoisotopic (exact) mass is 185 g/mol. The lowest BCUT2D eigenvalue weighted by atomic mass is 10.0. The molecule has 0 aliphatic carbocycles. The van der Waals surface area contributed by atoms with Crippen molar-refractivity contribution in [3.05, 3.63) is 12.2 Å². The zero-order valence-electron chi connectivity index (χ0n) is 9.18. The minimum absolute atomic E-state index is 0.154. The Kier molecular flexibility index (Phi) is 6.92. The molecule has 0 aromatic carbocycles. The summed E-state index contributed by atoms with van der Waals surface area (Å²) in [6.45, 7) is 10.8. The molecule has 0 aromatic rings. The van der Waals surface area contributed by atoms with Crippen LogP contribution in [0.25, 0.3) is 0 Å². The fraction of sp³-hybridized carbons (Fsp3) is 0.818. The first-order valence-electron chi connectivity index (χ1n) is 5.13. The fourth-order valence-electron chi connectivity index (χ4n) is 1.36. The molecular weight excluding hydrogens is 162 g/mol. The van der Waals surface area contributed by atoms with Crippen LogP contribution in [-0.4, -0.2) is 18.8 Å². The van der Waals surface area contributed by atoms with Gasteiger partial charge in [0.15, 0.2) is 0 Å². The zero-order chi connectivity index (χ0) is 10.3. The van der Waals surface area contributed by atoms with Crippen molar-refractivity contribution in [3.63, 3.8) is 0 Å². The predicted octanol–water partition coefficient (Wildman–Crippen LogP) is 2.49. The lowest BCUT2D eigenvalue weighted by Crippen LogP contribution is -2.36. The van der Waals surface area contributed by atoms with E-state index in [1.807, 2.05) is 13.8 Å². The van der Waals surface area contributed by atoms with Crippen LogP contribution in [0.2, 0.25) is 0 Å². The first kappa shape index (κ1) is 12.7. The van der Waals surface area contributed by atoms with Gasteiger partial charge in [-0.1, -0.05) is 12.5 Å². The molecule has 0 saturated heterocycles. The third kappa shape index (κ3) is 5.83. The summed E-state index contributed by atoms with van der Waals surface area (Å²) in [5.74, 6) is 0. The van der Waals surface area contributed by atoms with Gasteiger partial charge in [0.05, 0.1) is 6.10 Å². The second-order valence-corrected chi connectivity index (χ2v) is 3.56. The number of nitrogens with two attached hydrogens (primary N) is 1. The van der Waals surface area contributed by atoms with Gasteiger partial charge in [0.2, 0.25) is 0 Å². The Labute approximate surface area is 82.2 Å². The molecule has 0 spiro atoms. The minimum Gasteiger partial charge on any atom is -0.377 e. The molecule has 0 aromatic heterocycles. The van der Waals surface area contributed by atoms with Crippen molar-refractivity contribution in [2.24, 2.45) is 5.73 Å². The van der Waals surface area contributed by atoms with E-state index < -0.39 is 0 Å². The lowest BCUT2D eigenvalue weighted by Gasteiger charge is -2.22. The van der Waals surface area contributed by atoms with Crippen LogP contribution in [0.4, 0.5) is 0 Å². The van der Waals surface area contributed by atoms with Crippen LogP contribution < -0.4 is 5.73 Å². The summed E-state index contributed by atoms with van der Waals surface area (Å²) in [4.78, 5) is 0. The van der Waals surface area contributed by atoms with Crippen LogP contribution in [0.15, 0.2) is 12.2 Å². The average molecular weight is 185 g/mol. The molecule has 2 heteroatoms. The van der Waals surface area contributed by atoms with Crippen molar-refractivity contribution in [1.29, 1.82) is 0 Å². The number of allylic oxidation sites excluding steroid dienone is 1. The topological polar surface area (TPSA) is 35.2 Å². The second-order valence-electron chi connectivity index (χ2n) is 3.56. The second kappa shape index (κ2) is 7.10. The van der Waals surface area contributed by atoms with E-state index in [0.29, 0.717) is 0 Å². The van der Waals surface area contributed by atoms with Gasteiger partial charge in [0.1, 0.15) is 0 Å². The molecule has 0 saturated carbocycles. The highest BCUT2D eigenvalue weighted by Gasteiger charge is 2.15. The van der Waals surface area contributed by atoms with Crippen LogP contribution in [-0.2, 0) is 4.74 Å². The molecule has 78 valence electrons. The molecule has 2 unspecified atom stereocenters. The first-order valence-corrected chi connectivity index (χ1v) is 5.13. The predicted molar refractivity (Wildman–Crippen MR) is 57.7 cm³/mol. The lowest BCUT2D eigenvalue weighted by molar-refractivity contribution is 0.0398. The van der Waals surface area contributed by atoms with Gasteiger partial charge in [-0.2, -0.15) is 0 Å². The van der Waals surface area contributed by atoms with Gasteiger partial charge < -0.3 is 10.5 Å². The van der Waals surface area contributed by atoms with Crippen molar-refractivity contribution < 1.29 is 4.74 Å². The summed E-state index contributed by atoms with van der Waals surface area (Å²) in [6, 6.07) is 0.154. The molecule has 0 rings (SSSR count). The SMILES string of the molecule is C=C(C)CCC(N)C(CC)OCC. The molecule has 0 amide bonds. The van der Waals surface area contributed by atoms with Crippen LogP contribution in [0.3, 0.4) is 0 Å². The van der Waals surface area contributed by atoms with Crippen molar-refractivity contribution in [2.45, 2.75) is 52.2 Å². The Morgan fingerprint density at radius 1 is 1.46 bits per heavy atom. The number of ether oxygens (including phenoxy) is 1. The fourth-order valence-corrected chi connectivity index (χ4v) is 1.36. The van der Waals surface area contributed by atoms with Gasteiger partial charge in [-0.05, 0) is 33.1 Å². The van der Waals surface area contributed by atoms with E-state index in [-0.39, 0.29) is 12.1 Å². The van der Waals surface area contributed by atoms with Crippen molar-refractivity contribution >= 4 is 0 Å². The molecule has 2 atom stereocenters. The molecule has 13 heavy (non-hydrogen) atoms. The Morgan fingerprint density at radius 3 is 2.46 bits per heavy atom. The molecular formula is C11H23NO. The van der Waals surface area contributed by atoms with E-state index in [1.54, 1.807) is 0 Å². The quantitative estimate of drug-likeness (QED) is 0.618. The highest BCUT2D eigenvalue weighted by atomic mass is 16.5.